The number of hydrogen-bond acceptors (Lipinski definition) is 5. The van der Waals surface area contributed by atoms with Crippen LogP contribution in [-0.4, -0.2) is 47.9 Å². The summed E-state index contributed by atoms with van der Waals surface area (Å²) in [5, 5.41) is 8.73. The lowest BCUT2D eigenvalue weighted by molar-refractivity contribution is 0.0907. The molecule has 0 unspecified atom stereocenters. The van der Waals surface area contributed by atoms with Crippen LogP contribution in [0.3, 0.4) is 0 Å². The topological polar surface area (TPSA) is 73.9 Å². The summed E-state index contributed by atoms with van der Waals surface area (Å²) in [5.41, 5.74) is 5.80. The molecule has 0 aliphatic rings. The molecule has 0 aromatic heterocycles. The summed E-state index contributed by atoms with van der Waals surface area (Å²) in [6, 6.07) is 0.767. The zero-order chi connectivity index (χ0) is 14.1. The highest BCUT2D eigenvalue weighted by Gasteiger charge is 2.40. The molecule has 0 radical (unpaired) electrons. The van der Waals surface area contributed by atoms with Gasteiger partial charge in [0.1, 0.15) is 0 Å². The lowest BCUT2D eigenvalue weighted by Crippen LogP contribution is -2.45. The van der Waals surface area contributed by atoms with Gasteiger partial charge in [0.05, 0.1) is 0 Å². The van der Waals surface area contributed by atoms with Gasteiger partial charge in [0, 0.05) is 33.5 Å². The van der Waals surface area contributed by atoms with Crippen LogP contribution in [0, 0.1) is 5.41 Å². The fourth-order valence-electron chi connectivity index (χ4n) is 1.51. The van der Waals surface area contributed by atoms with Gasteiger partial charge in [-0.05, 0) is 31.2 Å². The van der Waals surface area contributed by atoms with Gasteiger partial charge in [-0.3, -0.25) is 0 Å². The zero-order valence-corrected chi connectivity index (χ0v) is 13.2. The lowest BCUT2D eigenvalue weighted by Gasteiger charge is -2.30. The standard InChI is InChI=1S/C12H29NO4Si/c1-12(2,11-13)7-10-18(15-3,16-4)17-9-6-5-8-14/h14H,5-11,13H2,1-4H3. The van der Waals surface area contributed by atoms with Crippen molar-refractivity contribution in [1.82, 2.24) is 0 Å². The van der Waals surface area contributed by atoms with E-state index in [1.54, 1.807) is 14.2 Å². The molecule has 18 heavy (non-hydrogen) atoms. The SMILES string of the molecule is CO[Si](CCC(C)(C)CN)(OC)OCCCCO. The van der Waals surface area contributed by atoms with Crippen LogP contribution in [0.1, 0.15) is 33.1 Å². The fraction of sp³-hybridized carbons (Fsp3) is 1.00. The molecule has 110 valence electrons. The molecule has 5 nitrogen and oxygen atoms in total. The number of hydrogen-bond donors (Lipinski definition) is 2. The first-order valence-corrected chi connectivity index (χ1v) is 8.43. The molecule has 0 atom stereocenters. The minimum atomic E-state index is -2.56. The number of nitrogens with two attached hydrogens (primary N) is 1. The average molecular weight is 279 g/mol. The van der Waals surface area contributed by atoms with Crippen LogP contribution < -0.4 is 5.73 Å². The van der Waals surface area contributed by atoms with Gasteiger partial charge in [-0.1, -0.05) is 13.8 Å². The van der Waals surface area contributed by atoms with Gasteiger partial charge in [0.2, 0.25) is 0 Å². The summed E-state index contributed by atoms with van der Waals surface area (Å²) in [6.45, 7) is 5.65. The van der Waals surface area contributed by atoms with E-state index in [1.165, 1.54) is 0 Å². The van der Waals surface area contributed by atoms with E-state index in [1.807, 2.05) is 0 Å². The number of unbranched alkanes of at least 4 members (excludes halogenated alkanes) is 1. The first-order valence-electron chi connectivity index (χ1n) is 6.50. The van der Waals surface area contributed by atoms with Crippen LogP contribution in [-0.2, 0) is 13.3 Å². The van der Waals surface area contributed by atoms with Gasteiger partial charge in [-0.15, -0.1) is 0 Å². The first kappa shape index (κ1) is 18.0. The summed E-state index contributed by atoms with van der Waals surface area (Å²) < 4.78 is 16.8. The highest BCUT2D eigenvalue weighted by Crippen LogP contribution is 2.27. The molecule has 0 aromatic rings. The van der Waals surface area contributed by atoms with E-state index in [2.05, 4.69) is 13.8 Å². The van der Waals surface area contributed by atoms with Gasteiger partial charge in [0.25, 0.3) is 0 Å². The van der Waals surface area contributed by atoms with E-state index < -0.39 is 8.80 Å². The maximum absolute atomic E-state index is 8.73. The van der Waals surface area contributed by atoms with Crippen LogP contribution in [0.5, 0.6) is 0 Å². The molecule has 0 heterocycles. The number of rotatable bonds is 11. The number of aliphatic hydroxyl groups is 1. The molecule has 0 aliphatic carbocycles. The molecular formula is C12H29NO4Si. The lowest BCUT2D eigenvalue weighted by atomic mass is 9.91. The maximum Gasteiger partial charge on any atom is 0.500 e. The smallest absolute Gasteiger partial charge is 0.396 e. The van der Waals surface area contributed by atoms with Crippen LogP contribution in [0.4, 0.5) is 0 Å². The van der Waals surface area contributed by atoms with E-state index in [9.17, 15) is 0 Å². The van der Waals surface area contributed by atoms with Gasteiger partial charge in [0.15, 0.2) is 0 Å². The van der Waals surface area contributed by atoms with Gasteiger partial charge in [-0.25, -0.2) is 0 Å². The minimum absolute atomic E-state index is 0.0732. The second-order valence-corrected chi connectivity index (χ2v) is 8.21. The number of aliphatic hydroxyl groups excluding tert-OH is 1. The normalized spacial score (nSPS) is 13.0. The third-order valence-electron chi connectivity index (χ3n) is 3.16. The third kappa shape index (κ3) is 6.82. The van der Waals surface area contributed by atoms with Crippen molar-refractivity contribution in [2.45, 2.75) is 39.2 Å². The largest absolute Gasteiger partial charge is 0.500 e. The van der Waals surface area contributed by atoms with Crippen molar-refractivity contribution in [3.05, 3.63) is 0 Å². The Kier molecular flexibility index (Phi) is 9.01. The van der Waals surface area contributed by atoms with Crippen LogP contribution >= 0.6 is 0 Å². The highest BCUT2D eigenvalue weighted by molar-refractivity contribution is 6.60. The quantitative estimate of drug-likeness (QED) is 0.441. The fourth-order valence-corrected chi connectivity index (χ4v) is 3.91. The Morgan fingerprint density at radius 2 is 1.78 bits per heavy atom. The van der Waals surface area contributed by atoms with Crippen molar-refractivity contribution in [1.29, 1.82) is 0 Å². The van der Waals surface area contributed by atoms with E-state index in [0.717, 1.165) is 25.3 Å². The Balaban J connectivity index is 4.24. The van der Waals surface area contributed by atoms with E-state index in [0.29, 0.717) is 13.2 Å². The summed E-state index contributed by atoms with van der Waals surface area (Å²) in [6.07, 6.45) is 2.47. The average Bonchev–Trinajstić information content (AvgIpc) is 2.39. The van der Waals surface area contributed by atoms with E-state index in [4.69, 9.17) is 24.1 Å². The second-order valence-electron chi connectivity index (χ2n) is 5.24. The van der Waals surface area contributed by atoms with Crippen molar-refractivity contribution in [2.75, 3.05) is 34.0 Å². The van der Waals surface area contributed by atoms with Gasteiger partial charge in [-0.2, -0.15) is 0 Å². The van der Waals surface area contributed by atoms with E-state index in [-0.39, 0.29) is 12.0 Å². The first-order chi connectivity index (χ1) is 8.45. The van der Waals surface area contributed by atoms with Crippen molar-refractivity contribution in [3.8, 4) is 0 Å². The van der Waals surface area contributed by atoms with Crippen molar-refractivity contribution >= 4 is 8.80 Å². The van der Waals surface area contributed by atoms with Crippen LogP contribution in [0.2, 0.25) is 6.04 Å². The molecule has 0 aliphatic heterocycles. The Bertz CT molecular complexity index is 210. The highest BCUT2D eigenvalue weighted by atomic mass is 28.4. The predicted octanol–water partition coefficient (Wildman–Crippen LogP) is 1.38. The zero-order valence-electron chi connectivity index (χ0n) is 12.2. The molecule has 3 N–H and O–H groups in total. The molecular weight excluding hydrogens is 250 g/mol. The van der Waals surface area contributed by atoms with E-state index >= 15 is 0 Å². The molecule has 0 saturated heterocycles. The summed E-state index contributed by atoms with van der Waals surface area (Å²) >= 11 is 0. The Morgan fingerprint density at radius 1 is 1.17 bits per heavy atom. The predicted molar refractivity (Wildman–Crippen MR) is 74.3 cm³/mol. The maximum atomic E-state index is 8.73. The van der Waals surface area contributed by atoms with Crippen LogP contribution in [0.25, 0.3) is 0 Å². The molecule has 0 rings (SSSR count). The summed E-state index contributed by atoms with van der Waals surface area (Å²) in [7, 11) is 0.716. The van der Waals surface area contributed by atoms with Crippen LogP contribution in [0.15, 0.2) is 0 Å². The Hall–Kier alpha value is 0.0169. The van der Waals surface area contributed by atoms with Crippen molar-refractivity contribution in [2.24, 2.45) is 11.1 Å². The molecule has 0 amide bonds. The minimum Gasteiger partial charge on any atom is -0.396 e. The monoisotopic (exact) mass is 279 g/mol. The van der Waals surface area contributed by atoms with Crippen molar-refractivity contribution < 1.29 is 18.4 Å². The third-order valence-corrected chi connectivity index (χ3v) is 5.91. The molecule has 6 heteroatoms. The molecule has 0 bridgehead atoms. The van der Waals surface area contributed by atoms with Crippen molar-refractivity contribution in [3.63, 3.8) is 0 Å². The molecule has 0 aromatic carbocycles. The summed E-state index contributed by atoms with van der Waals surface area (Å²) in [5.74, 6) is 0. The van der Waals surface area contributed by atoms with Gasteiger partial charge >= 0.3 is 8.80 Å². The summed E-state index contributed by atoms with van der Waals surface area (Å²) in [4.78, 5) is 0. The second kappa shape index (κ2) is 9.01. The molecule has 0 fully saturated rings. The molecule has 0 spiro atoms. The Morgan fingerprint density at radius 3 is 2.22 bits per heavy atom. The molecule has 0 saturated carbocycles. The van der Waals surface area contributed by atoms with Gasteiger partial charge < -0.3 is 24.1 Å². The Labute approximate surface area is 112 Å².